The monoisotopic (exact) mass is 207 g/mol. The van der Waals surface area contributed by atoms with Gasteiger partial charge in [-0.2, -0.15) is 0 Å². The smallest absolute Gasteiger partial charge is 0.157 e. The number of aliphatic imine (C=N–C) groups is 1. The fourth-order valence-electron chi connectivity index (χ4n) is 1.24. The predicted octanol–water partition coefficient (Wildman–Crippen LogP) is 1.66. The van der Waals surface area contributed by atoms with Crippen LogP contribution in [0.1, 0.15) is 12.5 Å². The summed E-state index contributed by atoms with van der Waals surface area (Å²) >= 11 is 1.75. The molecule has 74 valence electrons. The first kappa shape index (κ1) is 9.52. The molecule has 0 aliphatic carbocycles. The van der Waals surface area contributed by atoms with E-state index in [1.54, 1.807) is 11.8 Å². The average Bonchev–Trinajstić information content (AvgIpc) is 2.63. The SMILES string of the molecule is CC1CN=C(SCc2ccncc2)N1. The predicted molar refractivity (Wildman–Crippen MR) is 60.4 cm³/mol. The zero-order valence-electron chi connectivity index (χ0n) is 8.10. The van der Waals surface area contributed by atoms with E-state index in [0.29, 0.717) is 6.04 Å². The van der Waals surface area contributed by atoms with Crippen molar-refractivity contribution < 1.29 is 0 Å². The first-order valence-electron chi connectivity index (χ1n) is 4.67. The van der Waals surface area contributed by atoms with Crippen LogP contribution >= 0.6 is 11.8 Å². The Morgan fingerprint density at radius 3 is 2.93 bits per heavy atom. The van der Waals surface area contributed by atoms with Crippen molar-refractivity contribution in [2.75, 3.05) is 6.54 Å². The van der Waals surface area contributed by atoms with Crippen molar-refractivity contribution in [2.24, 2.45) is 4.99 Å². The lowest BCUT2D eigenvalue weighted by atomic mass is 10.3. The van der Waals surface area contributed by atoms with Crippen molar-refractivity contribution in [3.8, 4) is 0 Å². The van der Waals surface area contributed by atoms with Crippen molar-refractivity contribution in [3.63, 3.8) is 0 Å². The first-order chi connectivity index (χ1) is 6.84. The van der Waals surface area contributed by atoms with E-state index in [4.69, 9.17) is 0 Å². The number of aromatic nitrogens is 1. The summed E-state index contributed by atoms with van der Waals surface area (Å²) < 4.78 is 0. The molecular formula is C10H13N3S. The molecule has 1 aliphatic rings. The van der Waals surface area contributed by atoms with Crippen molar-refractivity contribution in [3.05, 3.63) is 30.1 Å². The van der Waals surface area contributed by atoms with Gasteiger partial charge in [-0.25, -0.2) is 0 Å². The summed E-state index contributed by atoms with van der Waals surface area (Å²) in [4.78, 5) is 8.37. The molecule has 0 amide bonds. The van der Waals surface area contributed by atoms with Gasteiger partial charge in [-0.15, -0.1) is 0 Å². The maximum absolute atomic E-state index is 4.38. The Morgan fingerprint density at radius 2 is 2.29 bits per heavy atom. The summed E-state index contributed by atoms with van der Waals surface area (Å²) in [7, 11) is 0. The number of hydrogen-bond acceptors (Lipinski definition) is 4. The number of nitrogens with zero attached hydrogens (tertiary/aromatic N) is 2. The van der Waals surface area contributed by atoms with Crippen LogP contribution in [0.15, 0.2) is 29.5 Å². The lowest BCUT2D eigenvalue weighted by Crippen LogP contribution is -2.25. The van der Waals surface area contributed by atoms with Crippen LogP contribution < -0.4 is 5.32 Å². The minimum absolute atomic E-state index is 0.495. The minimum Gasteiger partial charge on any atom is -0.361 e. The van der Waals surface area contributed by atoms with Crippen molar-refractivity contribution >= 4 is 16.9 Å². The van der Waals surface area contributed by atoms with Crippen LogP contribution in [0.2, 0.25) is 0 Å². The third kappa shape index (κ3) is 2.48. The summed E-state index contributed by atoms with van der Waals surface area (Å²) in [5.74, 6) is 0.959. The van der Waals surface area contributed by atoms with Crippen molar-refractivity contribution in [1.29, 1.82) is 0 Å². The molecule has 1 aromatic rings. The molecule has 2 rings (SSSR count). The Morgan fingerprint density at radius 1 is 1.50 bits per heavy atom. The molecule has 1 atom stereocenters. The second-order valence-electron chi connectivity index (χ2n) is 3.34. The molecule has 1 aliphatic heterocycles. The maximum Gasteiger partial charge on any atom is 0.157 e. The third-order valence-electron chi connectivity index (χ3n) is 2.00. The number of amidine groups is 1. The average molecular weight is 207 g/mol. The normalized spacial score (nSPS) is 20.4. The molecule has 0 saturated carbocycles. The van der Waals surface area contributed by atoms with Gasteiger partial charge in [0.05, 0.1) is 6.54 Å². The van der Waals surface area contributed by atoms with Gasteiger partial charge in [0.25, 0.3) is 0 Å². The van der Waals surface area contributed by atoms with E-state index in [2.05, 4.69) is 22.2 Å². The molecule has 3 nitrogen and oxygen atoms in total. The minimum atomic E-state index is 0.495. The molecule has 1 aromatic heterocycles. The molecule has 0 bridgehead atoms. The number of rotatable bonds is 2. The Balaban J connectivity index is 1.84. The number of nitrogens with one attached hydrogen (secondary N) is 1. The largest absolute Gasteiger partial charge is 0.361 e. The third-order valence-corrected chi connectivity index (χ3v) is 3.00. The zero-order valence-corrected chi connectivity index (χ0v) is 8.92. The van der Waals surface area contributed by atoms with E-state index in [1.165, 1.54) is 5.56 Å². The topological polar surface area (TPSA) is 37.3 Å². The summed E-state index contributed by atoms with van der Waals surface area (Å²) in [5.41, 5.74) is 1.29. The summed E-state index contributed by atoms with van der Waals surface area (Å²) in [6, 6.07) is 4.56. The van der Waals surface area contributed by atoms with Crippen molar-refractivity contribution in [2.45, 2.75) is 18.7 Å². The van der Waals surface area contributed by atoms with Gasteiger partial charge in [0.15, 0.2) is 5.17 Å². The number of thioether (sulfide) groups is 1. The Labute approximate surface area is 88.0 Å². The van der Waals surface area contributed by atoms with Gasteiger partial charge >= 0.3 is 0 Å². The highest BCUT2D eigenvalue weighted by Gasteiger charge is 2.12. The van der Waals surface area contributed by atoms with Crippen LogP contribution in [0.3, 0.4) is 0 Å². The lowest BCUT2D eigenvalue weighted by molar-refractivity contribution is 0.728. The van der Waals surface area contributed by atoms with Gasteiger partial charge in [-0.05, 0) is 24.6 Å². The van der Waals surface area contributed by atoms with Crippen LogP contribution in [-0.2, 0) is 5.75 Å². The molecule has 1 N–H and O–H groups in total. The zero-order chi connectivity index (χ0) is 9.80. The van der Waals surface area contributed by atoms with Crippen LogP contribution in [0.25, 0.3) is 0 Å². The van der Waals surface area contributed by atoms with Crippen molar-refractivity contribution in [1.82, 2.24) is 10.3 Å². The van der Waals surface area contributed by atoms with E-state index in [1.807, 2.05) is 24.5 Å². The standard InChI is InChI=1S/C10H13N3S/c1-8-6-12-10(13-8)14-7-9-2-4-11-5-3-9/h2-5,8H,6-7H2,1H3,(H,12,13). The van der Waals surface area contributed by atoms with E-state index >= 15 is 0 Å². The van der Waals surface area contributed by atoms with Gasteiger partial charge in [-0.3, -0.25) is 9.98 Å². The summed E-state index contributed by atoms with van der Waals surface area (Å²) in [6.07, 6.45) is 3.64. The molecule has 4 heteroatoms. The van der Waals surface area contributed by atoms with Gasteiger partial charge in [-0.1, -0.05) is 11.8 Å². The fraction of sp³-hybridized carbons (Fsp3) is 0.400. The van der Waals surface area contributed by atoms with Gasteiger partial charge in [0.1, 0.15) is 0 Å². The van der Waals surface area contributed by atoms with E-state index < -0.39 is 0 Å². The highest BCUT2D eigenvalue weighted by molar-refractivity contribution is 8.13. The number of pyridine rings is 1. The molecule has 0 saturated heterocycles. The van der Waals surface area contributed by atoms with Crippen LogP contribution in [-0.4, -0.2) is 22.7 Å². The van der Waals surface area contributed by atoms with Crippen LogP contribution in [0.4, 0.5) is 0 Å². The molecule has 1 unspecified atom stereocenters. The Kier molecular flexibility index (Phi) is 3.03. The number of hydrogen-bond donors (Lipinski definition) is 1. The van der Waals surface area contributed by atoms with Gasteiger partial charge < -0.3 is 5.32 Å². The van der Waals surface area contributed by atoms with E-state index in [0.717, 1.165) is 17.5 Å². The van der Waals surface area contributed by atoms with E-state index in [-0.39, 0.29) is 0 Å². The molecular weight excluding hydrogens is 194 g/mol. The molecule has 2 heterocycles. The molecule has 0 fully saturated rings. The molecule has 14 heavy (non-hydrogen) atoms. The second-order valence-corrected chi connectivity index (χ2v) is 4.30. The Bertz CT molecular complexity index is 323. The summed E-state index contributed by atoms with van der Waals surface area (Å²) in [5, 5.41) is 4.39. The molecule has 0 spiro atoms. The Hall–Kier alpha value is -1.03. The molecule has 0 radical (unpaired) electrons. The molecule has 0 aromatic carbocycles. The summed E-state index contributed by atoms with van der Waals surface area (Å²) in [6.45, 7) is 3.04. The highest BCUT2D eigenvalue weighted by Crippen LogP contribution is 2.14. The van der Waals surface area contributed by atoms with Crippen LogP contribution in [0, 0.1) is 0 Å². The first-order valence-corrected chi connectivity index (χ1v) is 5.66. The highest BCUT2D eigenvalue weighted by atomic mass is 32.2. The maximum atomic E-state index is 4.38. The van der Waals surface area contributed by atoms with Gasteiger partial charge in [0, 0.05) is 24.2 Å². The fourth-order valence-corrected chi connectivity index (χ4v) is 2.19. The second kappa shape index (κ2) is 4.46. The van der Waals surface area contributed by atoms with Gasteiger partial charge in [0.2, 0.25) is 0 Å². The lowest BCUT2D eigenvalue weighted by Gasteiger charge is -2.04. The van der Waals surface area contributed by atoms with E-state index in [9.17, 15) is 0 Å². The quantitative estimate of drug-likeness (QED) is 0.801. The van der Waals surface area contributed by atoms with Crippen LogP contribution in [0.5, 0.6) is 0 Å².